The Morgan fingerprint density at radius 3 is 2.60 bits per heavy atom. The number of rotatable bonds is 5. The number of piperazine rings is 1. The molecule has 11 nitrogen and oxygen atoms in total. The van der Waals surface area contributed by atoms with E-state index in [0.29, 0.717) is 35.3 Å². The van der Waals surface area contributed by atoms with E-state index in [2.05, 4.69) is 30.5 Å². The molecule has 42 heavy (non-hydrogen) atoms. The first-order valence-electron chi connectivity index (χ1n) is 13.4. The number of aryl methyl sites for hydroxylation is 1. The molecule has 0 aliphatic carbocycles. The van der Waals surface area contributed by atoms with Crippen molar-refractivity contribution in [2.45, 2.75) is 42.5 Å². The Balaban J connectivity index is 1.23. The van der Waals surface area contributed by atoms with Crippen molar-refractivity contribution in [3.05, 3.63) is 40.5 Å². The Morgan fingerprint density at radius 1 is 1.14 bits per heavy atom. The van der Waals surface area contributed by atoms with Crippen molar-refractivity contribution in [3.8, 4) is 10.6 Å². The molecule has 7 rings (SSSR count). The van der Waals surface area contributed by atoms with Crippen molar-refractivity contribution in [2.75, 3.05) is 48.8 Å². The second-order valence-corrected chi connectivity index (χ2v) is 14.0. The smallest absolute Gasteiger partial charge is 0.377 e. The summed E-state index contributed by atoms with van der Waals surface area (Å²) in [6.07, 6.45) is -1.50. The summed E-state index contributed by atoms with van der Waals surface area (Å²) in [5.41, 5.74) is -0.325. The van der Waals surface area contributed by atoms with Crippen molar-refractivity contribution in [2.24, 2.45) is 0 Å². The number of hydrogen-bond donors (Lipinski definition) is 2. The van der Waals surface area contributed by atoms with Crippen LogP contribution in [0.4, 0.5) is 30.6 Å². The van der Waals surface area contributed by atoms with Crippen molar-refractivity contribution in [1.29, 1.82) is 0 Å². The van der Waals surface area contributed by atoms with E-state index in [4.69, 9.17) is 4.74 Å². The molecular weight excluding hydrogens is 595 g/mol. The number of hydrogen-bond acceptors (Lipinski definition) is 11. The third-order valence-corrected chi connectivity index (χ3v) is 11.1. The first-order valence-corrected chi connectivity index (χ1v) is 15.9. The number of halogens is 3. The Bertz CT molecular complexity index is 1690. The molecule has 2 bridgehead atoms. The van der Waals surface area contributed by atoms with Crippen LogP contribution in [0.25, 0.3) is 10.6 Å². The van der Waals surface area contributed by atoms with Gasteiger partial charge in [-0.25, -0.2) is 23.4 Å². The lowest BCUT2D eigenvalue weighted by Gasteiger charge is -2.36. The highest BCUT2D eigenvalue weighted by Crippen LogP contribution is 2.42. The first-order chi connectivity index (χ1) is 20.0. The van der Waals surface area contributed by atoms with Gasteiger partial charge in [0, 0.05) is 37.9 Å². The summed E-state index contributed by atoms with van der Waals surface area (Å²) in [6, 6.07) is 3.59. The molecule has 3 aromatic rings. The highest BCUT2D eigenvalue weighted by molar-refractivity contribution is 7.91. The van der Waals surface area contributed by atoms with Gasteiger partial charge in [-0.2, -0.15) is 13.2 Å². The Morgan fingerprint density at radius 2 is 1.95 bits per heavy atom. The minimum atomic E-state index is -4.82. The van der Waals surface area contributed by atoms with Gasteiger partial charge in [0.25, 0.3) is 5.91 Å². The van der Waals surface area contributed by atoms with Gasteiger partial charge in [0.05, 0.1) is 52.4 Å². The van der Waals surface area contributed by atoms with Gasteiger partial charge in [-0.15, -0.1) is 11.3 Å². The lowest BCUT2D eigenvalue weighted by Crippen LogP contribution is -2.52. The molecule has 2 atom stereocenters. The normalized spacial score (nSPS) is 23.6. The van der Waals surface area contributed by atoms with Crippen LogP contribution in [0.2, 0.25) is 0 Å². The minimum Gasteiger partial charge on any atom is -0.377 e. The SMILES string of the molecule is Cc1cc(N2C[C@H]3C[C@@H]2CN3)ncc1Nc1ncc(C(F)(F)F)c(-c2cc3c(s2)C(=O)N(C2COC2)CCS3(=O)=O)n1. The number of alkyl halides is 3. The van der Waals surface area contributed by atoms with Crippen molar-refractivity contribution in [3.63, 3.8) is 0 Å². The number of ether oxygens (including phenoxy) is 1. The van der Waals surface area contributed by atoms with Gasteiger partial charge in [-0.1, -0.05) is 0 Å². The molecule has 4 aliphatic heterocycles. The Hall–Kier alpha value is -3.34. The van der Waals surface area contributed by atoms with Crippen LogP contribution in [-0.2, 0) is 20.8 Å². The number of fused-ring (bicyclic) bond motifs is 3. The number of sulfone groups is 1. The molecule has 0 saturated carbocycles. The lowest BCUT2D eigenvalue weighted by atomic mass is 10.2. The van der Waals surface area contributed by atoms with E-state index in [1.165, 1.54) is 4.90 Å². The summed E-state index contributed by atoms with van der Waals surface area (Å²) in [6.45, 7) is 4.18. The predicted octanol–water partition coefficient (Wildman–Crippen LogP) is 2.85. The number of carbonyl (C=O) groups is 1. The van der Waals surface area contributed by atoms with Gasteiger partial charge in [0.1, 0.15) is 16.3 Å². The Kier molecular flexibility index (Phi) is 6.45. The van der Waals surface area contributed by atoms with Gasteiger partial charge in [-0.05, 0) is 31.0 Å². The summed E-state index contributed by atoms with van der Waals surface area (Å²) in [7, 11) is -3.93. The zero-order valence-electron chi connectivity index (χ0n) is 22.3. The molecule has 16 heteroatoms. The van der Waals surface area contributed by atoms with Crippen LogP contribution in [0.1, 0.15) is 27.2 Å². The highest BCUT2D eigenvalue weighted by atomic mass is 32.2. The maximum atomic E-state index is 14.1. The molecule has 2 N–H and O–H groups in total. The van der Waals surface area contributed by atoms with Crippen LogP contribution in [0.3, 0.4) is 0 Å². The zero-order chi connectivity index (χ0) is 29.4. The Labute approximate surface area is 243 Å². The molecule has 3 fully saturated rings. The number of carbonyl (C=O) groups excluding carboxylic acids is 1. The maximum absolute atomic E-state index is 14.1. The zero-order valence-corrected chi connectivity index (χ0v) is 23.9. The molecular formula is C26H26F3N7O4S2. The van der Waals surface area contributed by atoms with Crippen LogP contribution in [0.5, 0.6) is 0 Å². The molecule has 7 heterocycles. The second kappa shape index (κ2) is 9.86. The number of thiophene rings is 1. The van der Waals surface area contributed by atoms with Crippen LogP contribution >= 0.6 is 11.3 Å². The molecule has 3 saturated heterocycles. The van der Waals surface area contributed by atoms with Gasteiger partial charge in [0.15, 0.2) is 9.84 Å². The number of pyridine rings is 1. The minimum absolute atomic E-state index is 0.0105. The summed E-state index contributed by atoms with van der Waals surface area (Å²) < 4.78 is 73.6. The molecule has 1 amide bonds. The quantitative estimate of drug-likeness (QED) is 0.439. The van der Waals surface area contributed by atoms with E-state index in [1.54, 1.807) is 6.20 Å². The van der Waals surface area contributed by atoms with E-state index >= 15 is 0 Å². The monoisotopic (exact) mass is 621 g/mol. The fourth-order valence-corrected chi connectivity index (χ4v) is 8.73. The molecule has 0 radical (unpaired) electrons. The van der Waals surface area contributed by atoms with Crippen LogP contribution in [0, 0.1) is 6.92 Å². The van der Waals surface area contributed by atoms with Gasteiger partial charge in [-0.3, -0.25) is 4.79 Å². The van der Waals surface area contributed by atoms with Crippen molar-refractivity contribution >= 4 is 44.5 Å². The summed E-state index contributed by atoms with van der Waals surface area (Å²) >= 11 is 0.686. The van der Waals surface area contributed by atoms with E-state index in [-0.39, 0.29) is 52.2 Å². The summed E-state index contributed by atoms with van der Waals surface area (Å²) in [5, 5.41) is 6.41. The number of amides is 1. The molecule has 3 aromatic heterocycles. The van der Waals surface area contributed by atoms with Gasteiger partial charge >= 0.3 is 6.18 Å². The van der Waals surface area contributed by atoms with E-state index in [9.17, 15) is 26.4 Å². The van der Waals surface area contributed by atoms with Crippen molar-refractivity contribution in [1.82, 2.24) is 25.2 Å². The second-order valence-electron chi connectivity index (χ2n) is 10.9. The number of aromatic nitrogens is 3. The average Bonchev–Trinajstić information content (AvgIpc) is 3.65. The largest absolute Gasteiger partial charge is 0.420 e. The highest BCUT2D eigenvalue weighted by Gasteiger charge is 2.41. The fourth-order valence-electron chi connectivity index (χ4n) is 5.81. The molecule has 0 aromatic carbocycles. The third kappa shape index (κ3) is 4.69. The molecule has 0 unspecified atom stereocenters. The van der Waals surface area contributed by atoms with E-state index in [0.717, 1.165) is 37.0 Å². The molecule has 4 aliphatic rings. The molecule has 222 valence electrons. The van der Waals surface area contributed by atoms with Gasteiger partial charge in [0.2, 0.25) is 5.95 Å². The fraction of sp³-hybridized carbons (Fsp3) is 0.462. The lowest BCUT2D eigenvalue weighted by molar-refractivity contribution is -0.137. The topological polar surface area (TPSA) is 130 Å². The van der Waals surface area contributed by atoms with Gasteiger partial charge < -0.3 is 25.2 Å². The average molecular weight is 622 g/mol. The predicted molar refractivity (Wildman–Crippen MR) is 148 cm³/mol. The third-order valence-electron chi connectivity index (χ3n) is 8.17. The number of nitrogens with zero attached hydrogens (tertiary/aromatic N) is 5. The van der Waals surface area contributed by atoms with Crippen LogP contribution in [0.15, 0.2) is 29.4 Å². The van der Waals surface area contributed by atoms with E-state index in [1.807, 2.05) is 13.0 Å². The summed E-state index contributed by atoms with van der Waals surface area (Å²) in [4.78, 5) is 29.2. The summed E-state index contributed by atoms with van der Waals surface area (Å²) in [5.74, 6) is -0.167. The van der Waals surface area contributed by atoms with Crippen LogP contribution < -0.4 is 15.5 Å². The first kappa shape index (κ1) is 27.5. The molecule has 0 spiro atoms. The number of anilines is 3. The standard InChI is InChI=1S/C26H26F3N7O4S2/c1-13-4-21(36-10-14-5-15(36)7-30-14)31-9-18(13)33-25-32-8-17(26(27,28)29)22(34-25)19-6-20-23(41-19)24(37)35(16-11-40-12-16)2-3-42(20,38)39/h4,6,8-9,14-16,30H,2-3,5,7,10-12H2,1H3,(H,32,33,34)/t14-,15-/m1/s1. The number of nitrogens with one attached hydrogen (secondary N) is 2. The van der Waals surface area contributed by atoms with Crippen molar-refractivity contribution < 1.29 is 31.1 Å². The van der Waals surface area contributed by atoms with E-state index < -0.39 is 33.2 Å². The maximum Gasteiger partial charge on any atom is 0.420 e. The van der Waals surface area contributed by atoms with Crippen LogP contribution in [-0.4, -0.2) is 90.9 Å².